The number of hydrogen-bond donors (Lipinski definition) is 1. The van der Waals surface area contributed by atoms with Crippen molar-refractivity contribution in [2.75, 3.05) is 13.8 Å². The smallest absolute Gasteiger partial charge is 0.302 e. The molecule has 0 saturated heterocycles. The Morgan fingerprint density at radius 3 is 2.10 bits per heavy atom. The van der Waals surface area contributed by atoms with Crippen molar-refractivity contribution in [3.8, 4) is 0 Å². The van der Waals surface area contributed by atoms with Gasteiger partial charge in [0.05, 0.1) is 7.11 Å². The van der Waals surface area contributed by atoms with Crippen molar-refractivity contribution in [3.63, 3.8) is 0 Å². The van der Waals surface area contributed by atoms with Gasteiger partial charge < -0.3 is 4.57 Å². The Hall–Kier alpha value is 0.530. The Labute approximate surface area is 62.3 Å². The van der Waals surface area contributed by atoms with E-state index in [9.17, 15) is 13.0 Å². The van der Waals surface area contributed by atoms with Crippen molar-refractivity contribution in [1.82, 2.24) is 4.49 Å². The molecule has 8 heteroatoms. The van der Waals surface area contributed by atoms with E-state index in [4.69, 9.17) is 0 Å². The van der Waals surface area contributed by atoms with Crippen LogP contribution in [-0.4, -0.2) is 22.2 Å². The topological polar surface area (TPSA) is 72.5 Å². The van der Waals surface area contributed by atoms with Crippen LogP contribution in [0.1, 0.15) is 0 Å². The van der Waals surface area contributed by atoms with Crippen molar-refractivity contribution in [1.29, 1.82) is 0 Å². The molecule has 0 saturated carbocycles. The van der Waals surface area contributed by atoms with Crippen LogP contribution in [0.2, 0.25) is 0 Å². The number of rotatable bonds is 3. The van der Waals surface area contributed by atoms with Crippen LogP contribution in [0.3, 0.4) is 0 Å². The maximum atomic E-state index is 10.8. The maximum absolute atomic E-state index is 10.8. The van der Waals surface area contributed by atoms with Gasteiger partial charge in [-0.1, -0.05) is 8.93 Å². The molecule has 0 aromatic carbocycles. The van der Waals surface area contributed by atoms with Crippen molar-refractivity contribution in [2.24, 2.45) is 0 Å². The van der Waals surface area contributed by atoms with Gasteiger partial charge >= 0.3 is 10.3 Å². The van der Waals surface area contributed by atoms with Crippen LogP contribution >= 0.6 is 15.9 Å². The molecule has 0 radical (unpaired) electrons. The first-order valence-electron chi connectivity index (χ1n) is 2.22. The predicted octanol–water partition coefficient (Wildman–Crippen LogP) is 0.165. The first kappa shape index (κ1) is 10.5. The summed E-state index contributed by atoms with van der Waals surface area (Å²) in [4.78, 5) is 0. The molecule has 5 nitrogen and oxygen atoms in total. The summed E-state index contributed by atoms with van der Waals surface area (Å²) in [5.74, 6) is 0. The van der Waals surface area contributed by atoms with Gasteiger partial charge in [0.2, 0.25) is 0 Å². The summed E-state index contributed by atoms with van der Waals surface area (Å²) in [5, 5.41) is 0. The molecule has 0 aliphatic rings. The summed E-state index contributed by atoms with van der Waals surface area (Å²) < 4.78 is 37.6. The number of hydrogen-bond acceptors (Lipinski definition) is 4. The fourth-order valence-corrected chi connectivity index (χ4v) is 3.50. The second-order valence-electron chi connectivity index (χ2n) is 1.70. The minimum atomic E-state index is -3.81. The molecule has 0 aliphatic heterocycles. The molecule has 1 N–H and O–H groups in total. The number of nitrogens with one attached hydrogen (secondary N) is 1. The zero-order chi connectivity index (χ0) is 8.41. The molecule has 2 atom stereocenters. The third-order valence-electron chi connectivity index (χ3n) is 0.512. The zero-order valence-corrected chi connectivity index (χ0v) is 8.43. The standard InChI is InChI=1S/C2H9NO4P2S/c1-7-10(5,6)3-9(2,4)8/h8H2,1-2H3,(H,3,4). The molecule has 0 heterocycles. The van der Waals surface area contributed by atoms with Gasteiger partial charge in [0.25, 0.3) is 0 Å². The molecule has 0 aromatic rings. The fourth-order valence-electron chi connectivity index (χ4n) is 0.259. The highest BCUT2D eigenvalue weighted by Crippen LogP contribution is 2.46. The third kappa shape index (κ3) is 5.33. The summed E-state index contributed by atoms with van der Waals surface area (Å²) in [6, 6.07) is 0. The van der Waals surface area contributed by atoms with E-state index in [2.05, 4.69) is 4.18 Å². The quantitative estimate of drug-likeness (QED) is 0.666. The SMILES string of the molecule is COS(=O)(=O)NP(C)(=O)P. The zero-order valence-electron chi connectivity index (χ0n) is 5.57. The van der Waals surface area contributed by atoms with Gasteiger partial charge in [-0.25, -0.2) is 0 Å². The Balaban J connectivity index is 4.33. The molecule has 0 spiro atoms. The van der Waals surface area contributed by atoms with Crippen LogP contribution in [0.5, 0.6) is 0 Å². The molecule has 0 bridgehead atoms. The Bertz CT molecular complexity index is 240. The lowest BCUT2D eigenvalue weighted by molar-refractivity contribution is 0.394. The minimum absolute atomic E-state index is 0.989. The summed E-state index contributed by atoms with van der Waals surface area (Å²) in [7, 11) is -0.929. The van der Waals surface area contributed by atoms with E-state index < -0.39 is 17.3 Å². The maximum Gasteiger partial charge on any atom is 0.341 e. The van der Waals surface area contributed by atoms with E-state index >= 15 is 0 Å². The first-order valence-corrected chi connectivity index (χ1v) is 7.40. The normalized spacial score (nSPS) is 18.3. The Kier molecular flexibility index (Phi) is 3.46. The second-order valence-corrected chi connectivity index (χ2v) is 8.61. The molecule has 0 rings (SSSR count). The highest BCUT2D eigenvalue weighted by Gasteiger charge is 2.16. The van der Waals surface area contributed by atoms with E-state index in [-0.39, 0.29) is 0 Å². The van der Waals surface area contributed by atoms with Crippen LogP contribution < -0.4 is 4.49 Å². The largest absolute Gasteiger partial charge is 0.341 e. The van der Waals surface area contributed by atoms with E-state index in [0.29, 0.717) is 0 Å². The molecule has 0 fully saturated rings. The molecular weight excluding hydrogens is 196 g/mol. The molecule has 0 amide bonds. The summed E-state index contributed by atoms with van der Waals surface area (Å²) in [6.45, 7) is -1.59. The highest BCUT2D eigenvalue weighted by molar-refractivity contribution is 8.20. The highest BCUT2D eigenvalue weighted by atomic mass is 32.3. The Morgan fingerprint density at radius 1 is 1.60 bits per heavy atom. The van der Waals surface area contributed by atoms with Crippen molar-refractivity contribution in [3.05, 3.63) is 0 Å². The third-order valence-corrected chi connectivity index (χ3v) is 4.24. The van der Waals surface area contributed by atoms with Gasteiger partial charge in [0.1, 0.15) is 0 Å². The van der Waals surface area contributed by atoms with Crippen molar-refractivity contribution < 1.29 is 17.2 Å². The van der Waals surface area contributed by atoms with Crippen LogP contribution in [-0.2, 0) is 19.1 Å². The van der Waals surface area contributed by atoms with E-state index in [1.807, 2.05) is 13.4 Å². The lowest BCUT2D eigenvalue weighted by Gasteiger charge is -2.06. The van der Waals surface area contributed by atoms with Gasteiger partial charge in [0, 0.05) is 6.66 Å². The second kappa shape index (κ2) is 3.28. The molecule has 2 unspecified atom stereocenters. The Morgan fingerprint density at radius 2 is 2.00 bits per heavy atom. The van der Waals surface area contributed by atoms with Gasteiger partial charge in [-0.2, -0.15) is 8.42 Å². The van der Waals surface area contributed by atoms with Crippen LogP contribution in [0.15, 0.2) is 0 Å². The molecule has 0 aromatic heterocycles. The predicted molar refractivity (Wildman–Crippen MR) is 42.3 cm³/mol. The summed E-state index contributed by atoms with van der Waals surface area (Å²) in [5.41, 5.74) is 0. The van der Waals surface area contributed by atoms with Crippen molar-refractivity contribution >= 4 is 26.2 Å². The van der Waals surface area contributed by atoms with Crippen LogP contribution in [0.25, 0.3) is 0 Å². The summed E-state index contributed by atoms with van der Waals surface area (Å²) >= 11 is 0. The van der Waals surface area contributed by atoms with Gasteiger partial charge in [-0.3, -0.25) is 4.18 Å². The lowest BCUT2D eigenvalue weighted by Crippen LogP contribution is -2.19. The average molecular weight is 205 g/mol. The van der Waals surface area contributed by atoms with Gasteiger partial charge in [0.15, 0.2) is 6.98 Å². The van der Waals surface area contributed by atoms with Crippen LogP contribution in [0, 0.1) is 0 Å². The van der Waals surface area contributed by atoms with E-state index in [1.165, 1.54) is 6.66 Å². The minimum Gasteiger partial charge on any atom is -0.302 e. The monoisotopic (exact) mass is 205 g/mol. The van der Waals surface area contributed by atoms with E-state index in [1.54, 1.807) is 0 Å². The van der Waals surface area contributed by atoms with Crippen LogP contribution in [0.4, 0.5) is 0 Å². The van der Waals surface area contributed by atoms with Gasteiger partial charge in [-0.05, 0) is 0 Å². The first-order chi connectivity index (χ1) is 4.27. The molecular formula is C2H9NO4P2S. The fraction of sp³-hybridized carbons (Fsp3) is 1.00. The lowest BCUT2D eigenvalue weighted by atomic mass is 11.8. The average Bonchev–Trinajstić information content (AvgIpc) is 1.60. The van der Waals surface area contributed by atoms with Crippen molar-refractivity contribution in [2.45, 2.75) is 0 Å². The van der Waals surface area contributed by atoms with Gasteiger partial charge in [-0.15, -0.1) is 4.49 Å². The summed E-state index contributed by atoms with van der Waals surface area (Å²) in [6.07, 6.45) is 0. The molecule has 0 aliphatic carbocycles. The van der Waals surface area contributed by atoms with E-state index in [0.717, 1.165) is 7.11 Å². The molecule has 62 valence electrons. The molecule has 10 heavy (non-hydrogen) atoms.